The first-order valence-electron chi connectivity index (χ1n) is 4.82. The minimum Gasteiger partial charge on any atom is -0.389 e. The molecule has 2 aromatic rings. The Bertz CT molecular complexity index is 537. The van der Waals surface area contributed by atoms with E-state index in [0.29, 0.717) is 4.99 Å². The SMILES string of the molecule is NC(=S)c1cccc(-c2cccc(Cl)c2)c1. The van der Waals surface area contributed by atoms with Gasteiger partial charge in [-0.25, -0.2) is 0 Å². The molecule has 2 rings (SSSR count). The minimum atomic E-state index is 0.406. The molecule has 0 radical (unpaired) electrons. The van der Waals surface area contributed by atoms with Gasteiger partial charge in [0.1, 0.15) is 4.99 Å². The topological polar surface area (TPSA) is 26.0 Å². The summed E-state index contributed by atoms with van der Waals surface area (Å²) in [6, 6.07) is 15.5. The lowest BCUT2D eigenvalue weighted by Crippen LogP contribution is -2.08. The third-order valence-corrected chi connectivity index (χ3v) is 2.78. The summed E-state index contributed by atoms with van der Waals surface area (Å²) >= 11 is 10.9. The normalized spacial score (nSPS) is 10.1. The summed E-state index contributed by atoms with van der Waals surface area (Å²) in [5.41, 5.74) is 8.59. The van der Waals surface area contributed by atoms with Crippen LogP contribution in [-0.4, -0.2) is 4.99 Å². The number of rotatable bonds is 2. The van der Waals surface area contributed by atoms with Crippen LogP contribution in [0.25, 0.3) is 11.1 Å². The molecule has 0 atom stereocenters. The van der Waals surface area contributed by atoms with Crippen LogP contribution in [0.15, 0.2) is 48.5 Å². The Morgan fingerprint density at radius 2 is 1.62 bits per heavy atom. The van der Waals surface area contributed by atoms with Crippen LogP contribution in [0.4, 0.5) is 0 Å². The molecule has 1 nitrogen and oxygen atoms in total. The Labute approximate surface area is 105 Å². The van der Waals surface area contributed by atoms with Crippen molar-refractivity contribution < 1.29 is 0 Å². The van der Waals surface area contributed by atoms with Crippen LogP contribution in [0.2, 0.25) is 5.02 Å². The number of hydrogen-bond donors (Lipinski definition) is 1. The molecule has 0 heterocycles. The predicted molar refractivity (Wildman–Crippen MR) is 72.8 cm³/mol. The van der Waals surface area contributed by atoms with Crippen molar-refractivity contribution in [2.75, 3.05) is 0 Å². The Morgan fingerprint density at radius 1 is 1.00 bits per heavy atom. The second-order valence-electron chi connectivity index (χ2n) is 3.46. The zero-order valence-electron chi connectivity index (χ0n) is 8.48. The Morgan fingerprint density at radius 3 is 2.25 bits per heavy atom. The second-order valence-corrected chi connectivity index (χ2v) is 4.33. The van der Waals surface area contributed by atoms with Crippen LogP contribution >= 0.6 is 23.8 Å². The van der Waals surface area contributed by atoms with E-state index in [1.54, 1.807) is 0 Å². The van der Waals surface area contributed by atoms with Crippen molar-refractivity contribution in [3.05, 3.63) is 59.1 Å². The van der Waals surface area contributed by atoms with Gasteiger partial charge in [-0.1, -0.05) is 54.2 Å². The molecule has 0 saturated heterocycles. The van der Waals surface area contributed by atoms with E-state index in [1.165, 1.54) is 0 Å². The van der Waals surface area contributed by atoms with Gasteiger partial charge in [0.2, 0.25) is 0 Å². The Kier molecular flexibility index (Phi) is 3.22. The molecule has 0 aliphatic rings. The average Bonchev–Trinajstić information content (AvgIpc) is 2.29. The fourth-order valence-electron chi connectivity index (χ4n) is 1.52. The number of halogens is 1. The van der Waals surface area contributed by atoms with E-state index in [0.717, 1.165) is 21.7 Å². The van der Waals surface area contributed by atoms with Crippen LogP contribution in [0.3, 0.4) is 0 Å². The van der Waals surface area contributed by atoms with Crippen molar-refractivity contribution in [2.45, 2.75) is 0 Å². The molecule has 0 aliphatic heterocycles. The summed E-state index contributed by atoms with van der Waals surface area (Å²) in [6.45, 7) is 0. The predicted octanol–water partition coefficient (Wildman–Crippen LogP) is 3.64. The lowest BCUT2D eigenvalue weighted by Gasteiger charge is -2.04. The zero-order valence-corrected chi connectivity index (χ0v) is 10.1. The fourth-order valence-corrected chi connectivity index (χ4v) is 1.84. The monoisotopic (exact) mass is 247 g/mol. The summed E-state index contributed by atoms with van der Waals surface area (Å²) in [6.07, 6.45) is 0. The van der Waals surface area contributed by atoms with Gasteiger partial charge in [0, 0.05) is 10.6 Å². The summed E-state index contributed by atoms with van der Waals surface area (Å²) in [5, 5.41) is 0.721. The van der Waals surface area contributed by atoms with Gasteiger partial charge in [-0.05, 0) is 29.3 Å². The molecule has 0 bridgehead atoms. The van der Waals surface area contributed by atoms with Crippen LogP contribution < -0.4 is 5.73 Å². The number of nitrogens with two attached hydrogens (primary N) is 1. The van der Waals surface area contributed by atoms with Crippen LogP contribution in [0.5, 0.6) is 0 Å². The summed E-state index contributed by atoms with van der Waals surface area (Å²) < 4.78 is 0. The molecule has 2 aromatic carbocycles. The van der Waals surface area contributed by atoms with Crippen molar-refractivity contribution in [1.29, 1.82) is 0 Å². The fraction of sp³-hybridized carbons (Fsp3) is 0. The molecule has 0 aromatic heterocycles. The van der Waals surface area contributed by atoms with Gasteiger partial charge in [-0.2, -0.15) is 0 Å². The van der Waals surface area contributed by atoms with Gasteiger partial charge >= 0.3 is 0 Å². The number of thiocarbonyl (C=S) groups is 1. The van der Waals surface area contributed by atoms with E-state index in [1.807, 2.05) is 48.5 Å². The quantitative estimate of drug-likeness (QED) is 0.820. The highest BCUT2D eigenvalue weighted by Crippen LogP contribution is 2.23. The molecule has 2 N–H and O–H groups in total. The van der Waals surface area contributed by atoms with Crippen LogP contribution in [0.1, 0.15) is 5.56 Å². The number of hydrogen-bond acceptors (Lipinski definition) is 1. The highest BCUT2D eigenvalue weighted by Gasteiger charge is 2.01. The molecule has 80 valence electrons. The van der Waals surface area contributed by atoms with Crippen LogP contribution in [-0.2, 0) is 0 Å². The molecular formula is C13H10ClNS. The largest absolute Gasteiger partial charge is 0.389 e. The van der Waals surface area contributed by atoms with Gasteiger partial charge in [-0.3, -0.25) is 0 Å². The second kappa shape index (κ2) is 4.64. The van der Waals surface area contributed by atoms with E-state index in [9.17, 15) is 0 Å². The maximum atomic E-state index is 5.95. The molecule has 0 unspecified atom stereocenters. The molecule has 0 amide bonds. The highest BCUT2D eigenvalue weighted by molar-refractivity contribution is 7.80. The first-order chi connectivity index (χ1) is 7.66. The Hall–Kier alpha value is -1.38. The molecule has 0 aliphatic carbocycles. The van der Waals surface area contributed by atoms with Gasteiger partial charge in [0.25, 0.3) is 0 Å². The molecule has 0 spiro atoms. The first kappa shape index (κ1) is 11.1. The van der Waals surface area contributed by atoms with Crippen molar-refractivity contribution in [3.8, 4) is 11.1 Å². The van der Waals surface area contributed by atoms with Crippen molar-refractivity contribution in [1.82, 2.24) is 0 Å². The average molecular weight is 248 g/mol. The van der Waals surface area contributed by atoms with E-state index >= 15 is 0 Å². The third kappa shape index (κ3) is 2.40. The van der Waals surface area contributed by atoms with E-state index in [4.69, 9.17) is 29.6 Å². The maximum absolute atomic E-state index is 5.95. The van der Waals surface area contributed by atoms with E-state index in [2.05, 4.69) is 0 Å². The standard InChI is InChI=1S/C13H10ClNS/c14-12-6-2-4-10(8-12)9-3-1-5-11(7-9)13(15)16/h1-8H,(H2,15,16). The lowest BCUT2D eigenvalue weighted by molar-refractivity contribution is 1.58. The minimum absolute atomic E-state index is 0.406. The van der Waals surface area contributed by atoms with Crippen molar-refractivity contribution in [2.24, 2.45) is 5.73 Å². The summed E-state index contributed by atoms with van der Waals surface area (Å²) in [7, 11) is 0. The van der Waals surface area contributed by atoms with Crippen molar-refractivity contribution >= 4 is 28.8 Å². The van der Waals surface area contributed by atoms with E-state index < -0.39 is 0 Å². The zero-order chi connectivity index (χ0) is 11.5. The molecule has 0 fully saturated rings. The third-order valence-electron chi connectivity index (χ3n) is 2.31. The van der Waals surface area contributed by atoms with Gasteiger partial charge in [0.15, 0.2) is 0 Å². The molecule has 16 heavy (non-hydrogen) atoms. The maximum Gasteiger partial charge on any atom is 0.104 e. The van der Waals surface area contributed by atoms with Gasteiger partial charge in [0.05, 0.1) is 0 Å². The van der Waals surface area contributed by atoms with Crippen molar-refractivity contribution in [3.63, 3.8) is 0 Å². The summed E-state index contributed by atoms with van der Waals surface area (Å²) in [5.74, 6) is 0. The lowest BCUT2D eigenvalue weighted by atomic mass is 10.0. The summed E-state index contributed by atoms with van der Waals surface area (Å²) in [4.78, 5) is 0.406. The molecule has 3 heteroatoms. The highest BCUT2D eigenvalue weighted by atomic mass is 35.5. The Balaban J connectivity index is 2.48. The van der Waals surface area contributed by atoms with E-state index in [-0.39, 0.29) is 0 Å². The number of benzene rings is 2. The van der Waals surface area contributed by atoms with Gasteiger partial charge < -0.3 is 5.73 Å². The van der Waals surface area contributed by atoms with Crippen LogP contribution in [0, 0.1) is 0 Å². The first-order valence-corrected chi connectivity index (χ1v) is 5.61. The molecule has 0 saturated carbocycles. The van der Waals surface area contributed by atoms with Gasteiger partial charge in [-0.15, -0.1) is 0 Å². The molecular weight excluding hydrogens is 238 g/mol. The smallest absolute Gasteiger partial charge is 0.104 e.